The predicted octanol–water partition coefficient (Wildman–Crippen LogP) is 2.49. The molecule has 0 aliphatic carbocycles. The molecule has 1 unspecified atom stereocenters. The molecule has 1 atom stereocenters. The lowest BCUT2D eigenvalue weighted by atomic mass is 10.1. The second kappa shape index (κ2) is 6.96. The number of rotatable bonds is 6. The van der Waals surface area contributed by atoms with E-state index in [0.717, 1.165) is 62.6 Å². The molecular weight excluding hydrogens is 238 g/mol. The van der Waals surface area contributed by atoms with Crippen LogP contribution in [0.25, 0.3) is 0 Å². The first-order valence-electron chi connectivity index (χ1n) is 7.38. The van der Waals surface area contributed by atoms with Gasteiger partial charge in [0.1, 0.15) is 6.10 Å². The molecule has 1 saturated heterocycles. The van der Waals surface area contributed by atoms with Gasteiger partial charge in [-0.25, -0.2) is 9.97 Å². The minimum absolute atomic E-state index is 0.119. The zero-order valence-electron chi connectivity index (χ0n) is 12.3. The van der Waals surface area contributed by atoms with Crippen LogP contribution in [0, 0.1) is 13.8 Å². The molecule has 4 nitrogen and oxygen atoms in total. The number of nitrogens with zero attached hydrogens (tertiary/aromatic N) is 2. The number of ether oxygens (including phenoxy) is 1. The lowest BCUT2D eigenvalue weighted by Crippen LogP contribution is -2.16. The molecule has 106 valence electrons. The fourth-order valence-electron chi connectivity index (χ4n) is 2.62. The molecule has 0 aromatic carbocycles. The Morgan fingerprint density at radius 2 is 2.00 bits per heavy atom. The van der Waals surface area contributed by atoms with Crippen LogP contribution in [-0.4, -0.2) is 29.7 Å². The van der Waals surface area contributed by atoms with Gasteiger partial charge in [-0.2, -0.15) is 0 Å². The smallest absolute Gasteiger partial charge is 0.157 e. The minimum atomic E-state index is 0.119. The zero-order chi connectivity index (χ0) is 13.7. The van der Waals surface area contributed by atoms with Gasteiger partial charge in [-0.15, -0.1) is 0 Å². The summed E-state index contributed by atoms with van der Waals surface area (Å²) < 4.78 is 5.67. The average Bonchev–Trinajstić information content (AvgIpc) is 2.90. The summed E-state index contributed by atoms with van der Waals surface area (Å²) in [5.74, 6) is 0.878. The normalized spacial score (nSPS) is 19.0. The van der Waals surface area contributed by atoms with Gasteiger partial charge in [0.05, 0.1) is 0 Å². The molecule has 1 aliphatic heterocycles. The summed E-state index contributed by atoms with van der Waals surface area (Å²) in [4.78, 5) is 9.32. The molecule has 1 aromatic rings. The van der Waals surface area contributed by atoms with E-state index in [-0.39, 0.29) is 6.10 Å². The summed E-state index contributed by atoms with van der Waals surface area (Å²) in [5, 5.41) is 3.35. The van der Waals surface area contributed by atoms with Gasteiger partial charge in [-0.1, -0.05) is 6.92 Å². The third kappa shape index (κ3) is 3.74. The second-order valence-electron chi connectivity index (χ2n) is 5.19. The lowest BCUT2D eigenvalue weighted by molar-refractivity contribution is 0.104. The highest BCUT2D eigenvalue weighted by Gasteiger charge is 2.21. The van der Waals surface area contributed by atoms with Crippen molar-refractivity contribution in [3.8, 4) is 0 Å². The molecule has 0 spiro atoms. The predicted molar refractivity (Wildman–Crippen MR) is 76.3 cm³/mol. The third-order valence-electron chi connectivity index (χ3n) is 3.69. The van der Waals surface area contributed by atoms with Crippen molar-refractivity contribution >= 4 is 0 Å². The number of nitrogens with one attached hydrogen (secondary N) is 1. The summed E-state index contributed by atoms with van der Waals surface area (Å²) in [5.41, 5.74) is 3.55. The van der Waals surface area contributed by atoms with Crippen LogP contribution in [-0.2, 0) is 11.2 Å². The Bertz CT molecular complexity index is 391. The van der Waals surface area contributed by atoms with Gasteiger partial charge in [0.25, 0.3) is 0 Å². The maximum Gasteiger partial charge on any atom is 0.157 e. The standard InChI is InChI=1S/C15H25N3O/c1-4-16-9-5-7-13-11(2)17-15(18-12(13)3)14-8-6-10-19-14/h14,16H,4-10H2,1-3H3. The minimum Gasteiger partial charge on any atom is -0.370 e. The Labute approximate surface area is 116 Å². The first kappa shape index (κ1) is 14.4. The van der Waals surface area contributed by atoms with Crippen LogP contribution in [0.2, 0.25) is 0 Å². The SMILES string of the molecule is CCNCCCc1c(C)nc(C2CCCO2)nc1C. The largest absolute Gasteiger partial charge is 0.370 e. The van der Waals surface area contributed by atoms with Gasteiger partial charge < -0.3 is 10.1 Å². The Balaban J connectivity index is 2.04. The van der Waals surface area contributed by atoms with E-state index in [1.807, 2.05) is 0 Å². The quantitative estimate of drug-likeness (QED) is 0.801. The highest BCUT2D eigenvalue weighted by Crippen LogP contribution is 2.27. The molecule has 19 heavy (non-hydrogen) atoms. The highest BCUT2D eigenvalue weighted by molar-refractivity contribution is 5.25. The zero-order valence-corrected chi connectivity index (χ0v) is 12.3. The summed E-state index contributed by atoms with van der Waals surface area (Å²) in [6.45, 7) is 9.26. The first-order valence-corrected chi connectivity index (χ1v) is 7.38. The summed E-state index contributed by atoms with van der Waals surface area (Å²) in [6, 6.07) is 0. The van der Waals surface area contributed by atoms with E-state index in [1.165, 1.54) is 5.56 Å². The summed E-state index contributed by atoms with van der Waals surface area (Å²) in [7, 11) is 0. The van der Waals surface area contributed by atoms with Gasteiger partial charge in [0.15, 0.2) is 5.82 Å². The fraction of sp³-hybridized carbons (Fsp3) is 0.733. The molecule has 0 amide bonds. The van der Waals surface area contributed by atoms with Crippen molar-refractivity contribution in [2.75, 3.05) is 19.7 Å². The maximum atomic E-state index is 5.67. The molecule has 1 aliphatic rings. The van der Waals surface area contributed by atoms with Crippen molar-refractivity contribution in [1.82, 2.24) is 15.3 Å². The van der Waals surface area contributed by atoms with Crippen LogP contribution in [0.4, 0.5) is 0 Å². The van der Waals surface area contributed by atoms with Crippen molar-refractivity contribution in [1.29, 1.82) is 0 Å². The molecular formula is C15H25N3O. The Morgan fingerprint density at radius 1 is 1.26 bits per heavy atom. The van der Waals surface area contributed by atoms with Crippen LogP contribution in [0.3, 0.4) is 0 Å². The van der Waals surface area contributed by atoms with E-state index >= 15 is 0 Å². The summed E-state index contributed by atoms with van der Waals surface area (Å²) >= 11 is 0. The van der Waals surface area contributed by atoms with Crippen LogP contribution in [0.5, 0.6) is 0 Å². The van der Waals surface area contributed by atoms with Crippen LogP contribution < -0.4 is 5.32 Å². The second-order valence-corrected chi connectivity index (χ2v) is 5.19. The van der Waals surface area contributed by atoms with Crippen LogP contribution >= 0.6 is 0 Å². The van der Waals surface area contributed by atoms with Crippen molar-refractivity contribution in [3.05, 3.63) is 22.8 Å². The Morgan fingerprint density at radius 3 is 2.58 bits per heavy atom. The highest BCUT2D eigenvalue weighted by atomic mass is 16.5. The van der Waals surface area contributed by atoms with E-state index in [9.17, 15) is 0 Å². The van der Waals surface area contributed by atoms with E-state index in [4.69, 9.17) is 4.74 Å². The molecule has 0 saturated carbocycles. The number of hydrogen-bond acceptors (Lipinski definition) is 4. The molecule has 1 fully saturated rings. The van der Waals surface area contributed by atoms with Gasteiger partial charge in [0, 0.05) is 18.0 Å². The summed E-state index contributed by atoms with van der Waals surface area (Å²) in [6.07, 6.45) is 4.48. The van der Waals surface area contributed by atoms with Crippen molar-refractivity contribution in [2.45, 2.75) is 52.6 Å². The van der Waals surface area contributed by atoms with E-state index in [0.29, 0.717) is 0 Å². The van der Waals surface area contributed by atoms with Crippen LogP contribution in [0.1, 0.15) is 55.1 Å². The number of aromatic nitrogens is 2. The number of aryl methyl sites for hydroxylation is 2. The van der Waals surface area contributed by atoms with E-state index in [1.54, 1.807) is 0 Å². The van der Waals surface area contributed by atoms with Gasteiger partial charge in [-0.05, 0) is 58.2 Å². The Hall–Kier alpha value is -1.00. The van der Waals surface area contributed by atoms with E-state index in [2.05, 4.69) is 36.1 Å². The maximum absolute atomic E-state index is 5.67. The number of hydrogen-bond donors (Lipinski definition) is 1. The molecule has 1 N–H and O–H groups in total. The first-order chi connectivity index (χ1) is 9.22. The monoisotopic (exact) mass is 263 g/mol. The van der Waals surface area contributed by atoms with Crippen LogP contribution in [0.15, 0.2) is 0 Å². The average molecular weight is 263 g/mol. The lowest BCUT2D eigenvalue weighted by Gasteiger charge is -2.14. The van der Waals surface area contributed by atoms with Gasteiger partial charge >= 0.3 is 0 Å². The third-order valence-corrected chi connectivity index (χ3v) is 3.69. The molecule has 1 aromatic heterocycles. The molecule has 0 radical (unpaired) electrons. The van der Waals surface area contributed by atoms with Gasteiger partial charge in [0.2, 0.25) is 0 Å². The molecule has 4 heteroatoms. The van der Waals surface area contributed by atoms with Gasteiger partial charge in [-0.3, -0.25) is 0 Å². The van der Waals surface area contributed by atoms with Crippen molar-refractivity contribution in [2.24, 2.45) is 0 Å². The fourth-order valence-corrected chi connectivity index (χ4v) is 2.62. The Kier molecular flexibility index (Phi) is 5.28. The van der Waals surface area contributed by atoms with Crippen molar-refractivity contribution in [3.63, 3.8) is 0 Å². The molecule has 0 bridgehead atoms. The topological polar surface area (TPSA) is 47.0 Å². The molecule has 2 heterocycles. The van der Waals surface area contributed by atoms with Crippen molar-refractivity contribution < 1.29 is 4.74 Å². The molecule has 2 rings (SSSR count). The van der Waals surface area contributed by atoms with E-state index < -0.39 is 0 Å².